The summed E-state index contributed by atoms with van der Waals surface area (Å²) < 4.78 is 6.44. The van der Waals surface area contributed by atoms with Crippen LogP contribution in [0.15, 0.2) is 28.7 Å². The molecule has 1 atom stereocenters. The van der Waals surface area contributed by atoms with Crippen LogP contribution in [-0.2, 0) is 11.2 Å². The van der Waals surface area contributed by atoms with Crippen LogP contribution in [-0.4, -0.2) is 26.3 Å². The Kier molecular flexibility index (Phi) is 5.67. The van der Waals surface area contributed by atoms with Crippen LogP contribution in [0.5, 0.6) is 0 Å². The maximum Gasteiger partial charge on any atom is 0.0465 e. The van der Waals surface area contributed by atoms with Gasteiger partial charge in [-0.05, 0) is 49.8 Å². The fourth-order valence-electron chi connectivity index (χ4n) is 2.16. The highest BCUT2D eigenvalue weighted by Gasteiger charge is 2.22. The molecule has 2 nitrogen and oxygen atoms in total. The zero-order valence-corrected chi connectivity index (χ0v) is 12.6. The minimum absolute atomic E-state index is 0.657. The summed E-state index contributed by atoms with van der Waals surface area (Å²) in [7, 11) is 1.78. The van der Waals surface area contributed by atoms with Crippen molar-refractivity contribution in [2.75, 3.05) is 20.3 Å². The van der Waals surface area contributed by atoms with E-state index in [4.69, 9.17) is 4.74 Å². The molecule has 1 aliphatic carbocycles. The summed E-state index contributed by atoms with van der Waals surface area (Å²) in [5, 5.41) is 3.63. The van der Waals surface area contributed by atoms with Gasteiger partial charge in [0.25, 0.3) is 0 Å². The maximum atomic E-state index is 5.22. The Morgan fingerprint density at radius 1 is 1.39 bits per heavy atom. The Labute approximate surface area is 118 Å². The van der Waals surface area contributed by atoms with Crippen molar-refractivity contribution in [3.8, 4) is 0 Å². The Balaban J connectivity index is 1.87. The Hall–Kier alpha value is -0.380. The van der Waals surface area contributed by atoms with E-state index in [1.165, 1.54) is 22.9 Å². The molecular formula is C15H22BrNO. The highest BCUT2D eigenvalue weighted by Crippen LogP contribution is 2.23. The molecule has 2 rings (SSSR count). The van der Waals surface area contributed by atoms with Gasteiger partial charge in [-0.2, -0.15) is 0 Å². The molecule has 0 amide bonds. The van der Waals surface area contributed by atoms with Crippen LogP contribution >= 0.6 is 15.9 Å². The van der Waals surface area contributed by atoms with E-state index in [1.807, 2.05) is 0 Å². The number of hydrogen-bond acceptors (Lipinski definition) is 2. The van der Waals surface area contributed by atoms with Gasteiger partial charge in [-0.25, -0.2) is 0 Å². The minimum atomic E-state index is 0.657. The molecule has 1 aromatic carbocycles. The highest BCUT2D eigenvalue weighted by molar-refractivity contribution is 9.10. The van der Waals surface area contributed by atoms with E-state index >= 15 is 0 Å². The van der Waals surface area contributed by atoms with E-state index in [-0.39, 0.29) is 0 Å². The predicted octanol–water partition coefficient (Wildman–Crippen LogP) is 3.40. The average Bonchev–Trinajstić information content (AvgIpc) is 3.19. The number of rotatable bonds is 8. The first-order valence-electron chi connectivity index (χ1n) is 6.75. The maximum absolute atomic E-state index is 5.22. The quantitative estimate of drug-likeness (QED) is 0.794. The Morgan fingerprint density at radius 3 is 2.83 bits per heavy atom. The molecule has 1 unspecified atom stereocenters. The zero-order chi connectivity index (χ0) is 12.8. The Morgan fingerprint density at radius 2 is 2.17 bits per heavy atom. The fourth-order valence-corrected chi connectivity index (χ4v) is 2.60. The molecule has 0 aromatic heterocycles. The highest BCUT2D eigenvalue weighted by atomic mass is 79.9. The molecule has 0 aliphatic heterocycles. The summed E-state index contributed by atoms with van der Waals surface area (Å²) in [5.74, 6) is 0.657. The third-order valence-electron chi connectivity index (χ3n) is 3.47. The molecule has 0 radical (unpaired) electrons. The lowest BCUT2D eigenvalue weighted by molar-refractivity contribution is 0.176. The fraction of sp³-hybridized carbons (Fsp3) is 0.600. The predicted molar refractivity (Wildman–Crippen MR) is 78.9 cm³/mol. The number of methoxy groups -OCH3 is 1. The lowest BCUT2D eigenvalue weighted by atomic mass is 9.96. The number of ether oxygens (including phenoxy) is 1. The second-order valence-corrected chi connectivity index (χ2v) is 5.98. The van der Waals surface area contributed by atoms with Gasteiger partial charge in [0, 0.05) is 24.2 Å². The SMILES string of the molecule is COCCC(CNC1CC1)Cc1ccccc1Br. The second kappa shape index (κ2) is 7.27. The van der Waals surface area contributed by atoms with Crippen molar-refractivity contribution >= 4 is 15.9 Å². The van der Waals surface area contributed by atoms with Crippen LogP contribution in [0.25, 0.3) is 0 Å². The van der Waals surface area contributed by atoms with Crippen molar-refractivity contribution < 1.29 is 4.74 Å². The monoisotopic (exact) mass is 311 g/mol. The first kappa shape index (κ1) is 14.0. The van der Waals surface area contributed by atoms with Crippen molar-refractivity contribution in [2.45, 2.75) is 31.7 Å². The van der Waals surface area contributed by atoms with Crippen LogP contribution < -0.4 is 5.32 Å². The van der Waals surface area contributed by atoms with E-state index in [0.29, 0.717) is 5.92 Å². The minimum Gasteiger partial charge on any atom is -0.385 e. The van der Waals surface area contributed by atoms with E-state index < -0.39 is 0 Å². The normalized spacial score (nSPS) is 16.8. The molecule has 0 heterocycles. The third kappa shape index (κ3) is 4.71. The lowest BCUT2D eigenvalue weighted by Gasteiger charge is -2.18. The smallest absolute Gasteiger partial charge is 0.0465 e. The van der Waals surface area contributed by atoms with Crippen molar-refractivity contribution in [2.24, 2.45) is 5.92 Å². The molecule has 1 fully saturated rings. The topological polar surface area (TPSA) is 21.3 Å². The van der Waals surface area contributed by atoms with Gasteiger partial charge in [0.2, 0.25) is 0 Å². The third-order valence-corrected chi connectivity index (χ3v) is 4.24. The molecule has 1 aromatic rings. The molecule has 0 bridgehead atoms. The molecular weight excluding hydrogens is 290 g/mol. The van der Waals surface area contributed by atoms with E-state index in [1.54, 1.807) is 7.11 Å². The van der Waals surface area contributed by atoms with Gasteiger partial charge >= 0.3 is 0 Å². The summed E-state index contributed by atoms with van der Waals surface area (Å²) in [4.78, 5) is 0. The summed E-state index contributed by atoms with van der Waals surface area (Å²) in [6.45, 7) is 1.96. The van der Waals surface area contributed by atoms with Gasteiger partial charge < -0.3 is 10.1 Å². The van der Waals surface area contributed by atoms with E-state index in [2.05, 4.69) is 45.5 Å². The van der Waals surface area contributed by atoms with Crippen LogP contribution in [0.2, 0.25) is 0 Å². The largest absolute Gasteiger partial charge is 0.385 e. The van der Waals surface area contributed by atoms with Crippen LogP contribution in [0.3, 0.4) is 0 Å². The van der Waals surface area contributed by atoms with Gasteiger partial charge in [0.1, 0.15) is 0 Å². The standard InChI is InChI=1S/C15H22BrNO/c1-18-9-8-12(11-17-14-6-7-14)10-13-4-2-3-5-15(13)16/h2-5,12,14,17H,6-11H2,1H3. The summed E-state index contributed by atoms with van der Waals surface area (Å²) >= 11 is 3.63. The van der Waals surface area contributed by atoms with Gasteiger partial charge in [-0.3, -0.25) is 0 Å². The summed E-state index contributed by atoms with van der Waals surface area (Å²) in [5.41, 5.74) is 1.40. The second-order valence-electron chi connectivity index (χ2n) is 5.13. The van der Waals surface area contributed by atoms with Gasteiger partial charge in [0.15, 0.2) is 0 Å². The number of hydrogen-bond donors (Lipinski definition) is 1. The van der Waals surface area contributed by atoms with Crippen molar-refractivity contribution in [3.05, 3.63) is 34.3 Å². The molecule has 1 N–H and O–H groups in total. The summed E-state index contributed by atoms with van der Waals surface area (Å²) in [6.07, 6.45) is 4.94. The van der Waals surface area contributed by atoms with E-state index in [9.17, 15) is 0 Å². The molecule has 1 saturated carbocycles. The first-order valence-corrected chi connectivity index (χ1v) is 7.54. The van der Waals surface area contributed by atoms with Gasteiger partial charge in [-0.1, -0.05) is 34.1 Å². The molecule has 18 heavy (non-hydrogen) atoms. The molecule has 3 heteroatoms. The number of halogens is 1. The summed E-state index contributed by atoms with van der Waals surface area (Å²) in [6, 6.07) is 9.30. The van der Waals surface area contributed by atoms with Crippen molar-refractivity contribution in [3.63, 3.8) is 0 Å². The van der Waals surface area contributed by atoms with Crippen LogP contribution in [0, 0.1) is 5.92 Å². The van der Waals surface area contributed by atoms with Crippen LogP contribution in [0.4, 0.5) is 0 Å². The molecule has 0 spiro atoms. The van der Waals surface area contributed by atoms with Crippen molar-refractivity contribution in [1.82, 2.24) is 5.32 Å². The Bertz CT molecular complexity index is 365. The average molecular weight is 312 g/mol. The number of benzene rings is 1. The van der Waals surface area contributed by atoms with E-state index in [0.717, 1.165) is 32.0 Å². The van der Waals surface area contributed by atoms with Gasteiger partial charge in [0.05, 0.1) is 0 Å². The first-order chi connectivity index (χ1) is 8.79. The molecule has 1 aliphatic rings. The lowest BCUT2D eigenvalue weighted by Crippen LogP contribution is -2.27. The van der Waals surface area contributed by atoms with Crippen LogP contribution in [0.1, 0.15) is 24.8 Å². The van der Waals surface area contributed by atoms with Crippen molar-refractivity contribution in [1.29, 1.82) is 0 Å². The number of nitrogens with one attached hydrogen (secondary N) is 1. The zero-order valence-electron chi connectivity index (χ0n) is 11.0. The molecule has 0 saturated heterocycles. The van der Waals surface area contributed by atoms with Gasteiger partial charge in [-0.15, -0.1) is 0 Å². The molecule has 100 valence electrons.